The molecule has 0 N–H and O–H groups in total. The first kappa shape index (κ1) is 11.7. The summed E-state index contributed by atoms with van der Waals surface area (Å²) in [6.45, 7) is 12.2. The number of carbonyl (C=O) groups excluding carboxylic acids is 1. The van der Waals surface area contributed by atoms with E-state index in [9.17, 15) is 4.79 Å². The van der Waals surface area contributed by atoms with Crippen LogP contribution in [-0.2, 0) is 0 Å². The highest BCUT2D eigenvalue weighted by molar-refractivity contribution is 6.78. The Kier molecular flexibility index (Phi) is 3.52. The Balaban J connectivity index is 3.92. The molecule has 0 aromatic rings. The van der Waals surface area contributed by atoms with Gasteiger partial charge in [-0.05, 0) is 39.3 Å². The third kappa shape index (κ3) is 7.81. The molecule has 70 valence electrons. The molecule has 0 saturated heterocycles. The Hall–Kier alpha value is -0.296. The number of amides is 2. The minimum Gasteiger partial charge on any atom is -0.271 e. The highest BCUT2D eigenvalue weighted by Crippen LogP contribution is 2.00. The van der Waals surface area contributed by atoms with Gasteiger partial charge < -0.3 is 0 Å². The van der Waals surface area contributed by atoms with Crippen molar-refractivity contribution in [2.75, 3.05) is 0 Å². The van der Waals surface area contributed by atoms with E-state index >= 15 is 0 Å². The molecule has 5 heteroatoms. The summed E-state index contributed by atoms with van der Waals surface area (Å²) in [6.07, 6.45) is 0. The lowest BCUT2D eigenvalue weighted by Gasteiger charge is -2.19. The minimum atomic E-state index is -1.62. The fourth-order valence-corrected chi connectivity index (χ4v) is 1.95. The molecule has 0 atom stereocenters. The number of nitrogens with zero attached hydrogens (tertiary/aromatic N) is 2. The van der Waals surface area contributed by atoms with Crippen LogP contribution in [0.25, 0.3) is 0 Å². The standard InChI is InChI=1S/C7H18N2OSi2/c1-11(2,3)8-7(10)9-12(4,5)6/h1-6H3. The molecule has 0 saturated carbocycles. The predicted molar refractivity (Wildman–Crippen MR) is 56.4 cm³/mol. The highest BCUT2D eigenvalue weighted by Gasteiger charge is 2.25. The van der Waals surface area contributed by atoms with Gasteiger partial charge in [0.05, 0.1) is 0 Å². The van der Waals surface area contributed by atoms with Gasteiger partial charge in [0.2, 0.25) is 0 Å². The number of hydrogen-bond acceptors (Lipinski definition) is 1. The van der Waals surface area contributed by atoms with Crippen molar-refractivity contribution in [3.05, 3.63) is 0 Å². The Morgan fingerprint density at radius 1 is 0.833 bits per heavy atom. The molecule has 0 aromatic heterocycles. The van der Waals surface area contributed by atoms with Gasteiger partial charge in [0, 0.05) is 0 Å². The summed E-state index contributed by atoms with van der Waals surface area (Å²) >= 11 is 0. The summed E-state index contributed by atoms with van der Waals surface area (Å²) in [6, 6.07) is -0.242. The van der Waals surface area contributed by atoms with Crippen LogP contribution in [0.4, 0.5) is 4.79 Å². The van der Waals surface area contributed by atoms with Crippen LogP contribution in [0.15, 0.2) is 0 Å². The SMILES string of the molecule is C[Si](C)(C)[N]C(=O)[N][Si](C)(C)C. The number of rotatable bonds is 2. The summed E-state index contributed by atoms with van der Waals surface area (Å²) in [4.78, 5) is 19.3. The first-order valence-corrected chi connectivity index (χ1v) is 11.0. The van der Waals surface area contributed by atoms with Crippen molar-refractivity contribution in [3.63, 3.8) is 0 Å². The fourth-order valence-electron chi connectivity index (χ4n) is 0.599. The first-order chi connectivity index (χ1) is 5.10. The predicted octanol–water partition coefficient (Wildman–Crippen LogP) is 1.98. The monoisotopic (exact) mass is 202 g/mol. The van der Waals surface area contributed by atoms with Crippen LogP contribution in [-0.4, -0.2) is 22.5 Å². The molecule has 0 bridgehead atoms. The lowest BCUT2D eigenvalue weighted by molar-refractivity contribution is 0.249. The highest BCUT2D eigenvalue weighted by atomic mass is 28.3. The number of hydrogen-bond donors (Lipinski definition) is 0. The average Bonchev–Trinajstić information content (AvgIpc) is 1.49. The van der Waals surface area contributed by atoms with Crippen molar-refractivity contribution in [2.24, 2.45) is 0 Å². The molecule has 0 fully saturated rings. The minimum absolute atomic E-state index is 0.242. The van der Waals surface area contributed by atoms with E-state index in [0.717, 1.165) is 0 Å². The molecular formula is C7H18N2OSi2. The average molecular weight is 202 g/mol. The van der Waals surface area contributed by atoms with Crippen LogP contribution in [0.1, 0.15) is 0 Å². The van der Waals surface area contributed by atoms with Gasteiger partial charge in [0.1, 0.15) is 0 Å². The Morgan fingerprint density at radius 2 is 1.08 bits per heavy atom. The molecular weight excluding hydrogens is 184 g/mol. The van der Waals surface area contributed by atoms with Gasteiger partial charge in [-0.2, -0.15) is 0 Å². The Morgan fingerprint density at radius 3 is 1.25 bits per heavy atom. The van der Waals surface area contributed by atoms with Gasteiger partial charge in [-0.3, -0.25) is 9.96 Å². The van der Waals surface area contributed by atoms with Gasteiger partial charge in [-0.25, -0.2) is 4.79 Å². The van der Waals surface area contributed by atoms with Crippen LogP contribution >= 0.6 is 0 Å². The van der Waals surface area contributed by atoms with Crippen molar-refractivity contribution in [1.29, 1.82) is 0 Å². The first-order valence-electron chi connectivity index (χ1n) is 4.10. The summed E-state index contributed by atoms with van der Waals surface area (Å²) in [5.41, 5.74) is 0. The van der Waals surface area contributed by atoms with Gasteiger partial charge in [-0.1, -0.05) is 0 Å². The largest absolute Gasteiger partial charge is 0.339 e. The zero-order valence-electron chi connectivity index (χ0n) is 8.80. The molecule has 0 aliphatic carbocycles. The Labute approximate surface area is 77.1 Å². The van der Waals surface area contributed by atoms with E-state index in [0.29, 0.717) is 0 Å². The molecule has 12 heavy (non-hydrogen) atoms. The van der Waals surface area contributed by atoms with E-state index in [2.05, 4.69) is 9.96 Å². The van der Waals surface area contributed by atoms with E-state index in [1.807, 2.05) is 39.3 Å². The van der Waals surface area contributed by atoms with Gasteiger partial charge >= 0.3 is 6.03 Å². The van der Waals surface area contributed by atoms with Crippen LogP contribution in [0.3, 0.4) is 0 Å². The van der Waals surface area contributed by atoms with Crippen molar-refractivity contribution in [3.8, 4) is 0 Å². The molecule has 0 aromatic carbocycles. The summed E-state index contributed by atoms with van der Waals surface area (Å²) < 4.78 is 0. The normalized spacial score (nSPS) is 12.5. The molecule has 2 radical (unpaired) electrons. The third-order valence-electron chi connectivity index (χ3n) is 0.862. The maximum absolute atomic E-state index is 11.2. The van der Waals surface area contributed by atoms with Gasteiger partial charge in [0.25, 0.3) is 0 Å². The summed E-state index contributed by atoms with van der Waals surface area (Å²) in [7, 11) is -3.23. The topological polar surface area (TPSA) is 45.3 Å². The van der Waals surface area contributed by atoms with E-state index in [-0.39, 0.29) is 6.03 Å². The molecule has 0 rings (SSSR count). The van der Waals surface area contributed by atoms with E-state index in [1.165, 1.54) is 0 Å². The smallest absolute Gasteiger partial charge is 0.271 e. The maximum atomic E-state index is 11.2. The van der Waals surface area contributed by atoms with Crippen molar-refractivity contribution < 1.29 is 4.79 Å². The number of carbonyl (C=O) groups is 1. The van der Waals surface area contributed by atoms with Crippen molar-refractivity contribution in [1.82, 2.24) is 9.96 Å². The van der Waals surface area contributed by atoms with Gasteiger partial charge in [-0.15, -0.1) is 0 Å². The van der Waals surface area contributed by atoms with Crippen molar-refractivity contribution >= 4 is 22.5 Å². The van der Waals surface area contributed by atoms with Crippen LogP contribution < -0.4 is 9.96 Å². The van der Waals surface area contributed by atoms with Crippen LogP contribution in [0, 0.1) is 0 Å². The van der Waals surface area contributed by atoms with Crippen LogP contribution in [0.2, 0.25) is 39.3 Å². The lowest BCUT2D eigenvalue weighted by Crippen LogP contribution is -2.48. The summed E-state index contributed by atoms with van der Waals surface area (Å²) in [5, 5.41) is 0. The van der Waals surface area contributed by atoms with Crippen LogP contribution in [0.5, 0.6) is 0 Å². The molecule has 3 nitrogen and oxygen atoms in total. The quantitative estimate of drug-likeness (QED) is 0.632. The molecule has 0 heterocycles. The second-order valence-electron chi connectivity index (χ2n) is 4.85. The van der Waals surface area contributed by atoms with E-state index in [4.69, 9.17) is 0 Å². The second kappa shape index (κ2) is 3.61. The number of urea groups is 1. The molecule has 2 amide bonds. The molecule has 0 aliphatic heterocycles. The zero-order chi connectivity index (χ0) is 9.99. The van der Waals surface area contributed by atoms with Gasteiger partial charge in [0.15, 0.2) is 16.5 Å². The fraction of sp³-hybridized carbons (Fsp3) is 0.857. The molecule has 0 aliphatic rings. The second-order valence-corrected chi connectivity index (χ2v) is 14.0. The lowest BCUT2D eigenvalue weighted by atomic mass is 11.2. The molecule has 0 unspecified atom stereocenters. The van der Waals surface area contributed by atoms with E-state index < -0.39 is 16.5 Å². The molecule has 0 spiro atoms. The van der Waals surface area contributed by atoms with E-state index in [1.54, 1.807) is 0 Å². The zero-order valence-corrected chi connectivity index (χ0v) is 10.8. The summed E-state index contributed by atoms with van der Waals surface area (Å²) in [5.74, 6) is 0. The van der Waals surface area contributed by atoms with Crippen molar-refractivity contribution in [2.45, 2.75) is 39.3 Å². The third-order valence-corrected chi connectivity index (χ3v) is 2.59. The Bertz CT molecular complexity index is 151. The maximum Gasteiger partial charge on any atom is 0.339 e.